The van der Waals surface area contributed by atoms with Gasteiger partial charge in [0.2, 0.25) is 0 Å². The van der Waals surface area contributed by atoms with Crippen molar-refractivity contribution in [2.45, 2.75) is 72.3 Å². The Morgan fingerprint density at radius 2 is 1.19 bits per heavy atom. The summed E-state index contributed by atoms with van der Waals surface area (Å²) in [6.45, 7) is 7.50. The molecule has 0 radical (unpaired) electrons. The molecule has 10 nitrogen and oxygen atoms in total. The molecule has 1 atom stereocenters. The fraction of sp³-hybridized carbons (Fsp3) is 0.773. The minimum Gasteiger partial charge on any atom is -0.465 e. The number of ketones is 1. The summed E-state index contributed by atoms with van der Waals surface area (Å²) in [6, 6.07) is 0. The van der Waals surface area contributed by atoms with Crippen molar-refractivity contribution in [1.29, 1.82) is 0 Å². The summed E-state index contributed by atoms with van der Waals surface area (Å²) in [5.74, 6) is -2.53. The first-order valence-corrected chi connectivity index (χ1v) is 11.0. The number of ether oxygens (including phenoxy) is 4. The van der Waals surface area contributed by atoms with E-state index in [2.05, 4.69) is 0 Å². The smallest absolute Gasteiger partial charge is 0.323 e. The van der Waals surface area contributed by atoms with Crippen LogP contribution in [0.15, 0.2) is 0 Å². The molecule has 2 aliphatic carbocycles. The van der Waals surface area contributed by atoms with Crippen molar-refractivity contribution in [2.75, 3.05) is 26.4 Å². The minimum atomic E-state index is -1.39. The quantitative estimate of drug-likeness (QED) is 0.323. The average Bonchev–Trinajstić information content (AvgIpc) is 3.34. The fourth-order valence-electron chi connectivity index (χ4n) is 3.85. The van der Waals surface area contributed by atoms with E-state index >= 15 is 0 Å². The van der Waals surface area contributed by atoms with Crippen LogP contribution in [0, 0.1) is 10.8 Å². The van der Waals surface area contributed by atoms with Gasteiger partial charge in [0.05, 0.1) is 32.5 Å². The molecule has 0 saturated heterocycles. The van der Waals surface area contributed by atoms with Gasteiger partial charge in [-0.2, -0.15) is 0 Å². The monoisotopic (exact) mass is 458 g/mol. The number of Topliss-reactive ketones (excluding diaryl/α,β-unsaturated/α-hetero) is 1. The van der Waals surface area contributed by atoms with Gasteiger partial charge < -0.3 is 24.1 Å². The van der Waals surface area contributed by atoms with E-state index in [4.69, 9.17) is 18.9 Å². The summed E-state index contributed by atoms with van der Waals surface area (Å²) in [5, 5.41) is 9.48. The number of aliphatic hydroxyl groups is 1. The van der Waals surface area contributed by atoms with Gasteiger partial charge in [-0.3, -0.25) is 24.0 Å². The highest BCUT2D eigenvalue weighted by Crippen LogP contribution is 2.41. The van der Waals surface area contributed by atoms with Gasteiger partial charge in [0.25, 0.3) is 0 Å². The predicted octanol–water partition coefficient (Wildman–Crippen LogP) is 1.50. The molecule has 0 aromatic rings. The maximum absolute atomic E-state index is 11.8. The molecule has 2 aliphatic rings. The van der Waals surface area contributed by atoms with Crippen molar-refractivity contribution in [1.82, 2.24) is 0 Å². The zero-order chi connectivity index (χ0) is 24.4. The van der Waals surface area contributed by atoms with E-state index in [9.17, 15) is 29.1 Å². The van der Waals surface area contributed by atoms with Crippen molar-refractivity contribution in [3.05, 3.63) is 0 Å². The van der Waals surface area contributed by atoms with Gasteiger partial charge in [-0.1, -0.05) is 0 Å². The van der Waals surface area contributed by atoms with Gasteiger partial charge in [0, 0.05) is 19.3 Å². The van der Waals surface area contributed by atoms with E-state index in [1.165, 1.54) is 0 Å². The number of hydrogen-bond acceptors (Lipinski definition) is 10. The minimum absolute atomic E-state index is 0.0926. The molecule has 2 fully saturated rings. The van der Waals surface area contributed by atoms with E-state index in [1.807, 2.05) is 0 Å². The molecule has 0 amide bonds. The lowest BCUT2D eigenvalue weighted by molar-refractivity contribution is -0.173. The van der Waals surface area contributed by atoms with Crippen LogP contribution in [0.2, 0.25) is 0 Å². The van der Waals surface area contributed by atoms with E-state index in [0.29, 0.717) is 12.8 Å². The second-order valence-corrected chi connectivity index (χ2v) is 7.66. The molecule has 32 heavy (non-hydrogen) atoms. The lowest BCUT2D eigenvalue weighted by Gasteiger charge is -2.23. The fourth-order valence-corrected chi connectivity index (χ4v) is 3.85. The molecule has 0 bridgehead atoms. The van der Waals surface area contributed by atoms with Crippen LogP contribution in [0.3, 0.4) is 0 Å². The first-order chi connectivity index (χ1) is 15.1. The standard InChI is InChI=1S/C11H18O5.C11H16O5/c2*1-3-15-9(13)11(10(14)16-4-2)6-5-8(12)7-11/h8,12H,3-7H2,1-2H3;3-7H2,1-2H3. The molecule has 0 aliphatic heterocycles. The lowest BCUT2D eigenvalue weighted by atomic mass is 9.86. The number of carbonyl (C=O) groups excluding carboxylic acids is 5. The maximum Gasteiger partial charge on any atom is 0.323 e. The topological polar surface area (TPSA) is 143 Å². The number of aliphatic hydroxyl groups excluding tert-OH is 1. The molecule has 1 unspecified atom stereocenters. The Morgan fingerprint density at radius 3 is 1.47 bits per heavy atom. The molecule has 0 heterocycles. The van der Waals surface area contributed by atoms with Gasteiger partial charge in [0.15, 0.2) is 10.8 Å². The molecule has 0 aromatic carbocycles. The van der Waals surface area contributed by atoms with E-state index in [-0.39, 0.29) is 57.9 Å². The maximum atomic E-state index is 11.8. The zero-order valence-corrected chi connectivity index (χ0v) is 19.3. The molecule has 1 N–H and O–H groups in total. The van der Waals surface area contributed by atoms with Crippen molar-refractivity contribution in [3.8, 4) is 0 Å². The third-order valence-electron chi connectivity index (χ3n) is 5.48. The van der Waals surface area contributed by atoms with Crippen LogP contribution >= 0.6 is 0 Å². The summed E-state index contributed by atoms with van der Waals surface area (Å²) < 4.78 is 19.5. The van der Waals surface area contributed by atoms with Crippen LogP contribution in [0.5, 0.6) is 0 Å². The number of carbonyl (C=O) groups is 5. The van der Waals surface area contributed by atoms with Crippen LogP contribution in [0.4, 0.5) is 0 Å². The first kappa shape index (κ1) is 27.5. The summed E-state index contributed by atoms with van der Waals surface area (Å²) in [5.41, 5.74) is -2.67. The molecule has 182 valence electrons. The van der Waals surface area contributed by atoms with Crippen molar-refractivity contribution in [2.24, 2.45) is 10.8 Å². The Bertz CT molecular complexity index is 663. The SMILES string of the molecule is CCOC(=O)C1(C(=O)OCC)CCC(=O)C1.CCOC(=O)C1(C(=O)OCC)CCC(O)C1. The largest absolute Gasteiger partial charge is 0.465 e. The van der Waals surface area contributed by atoms with Crippen molar-refractivity contribution >= 4 is 29.7 Å². The first-order valence-electron chi connectivity index (χ1n) is 11.0. The van der Waals surface area contributed by atoms with Gasteiger partial charge in [-0.05, 0) is 47.0 Å². The van der Waals surface area contributed by atoms with Crippen LogP contribution < -0.4 is 0 Å². The Hall–Kier alpha value is -2.49. The Balaban J connectivity index is 0.000000320. The van der Waals surface area contributed by atoms with Crippen LogP contribution in [-0.2, 0) is 42.9 Å². The molecule has 10 heteroatoms. The van der Waals surface area contributed by atoms with Crippen molar-refractivity contribution in [3.63, 3.8) is 0 Å². The third kappa shape index (κ3) is 6.27. The second-order valence-electron chi connectivity index (χ2n) is 7.66. The Labute approximate surface area is 187 Å². The normalized spacial score (nSPS) is 20.5. The van der Waals surface area contributed by atoms with Gasteiger partial charge in [-0.25, -0.2) is 0 Å². The molecule has 2 rings (SSSR count). The zero-order valence-electron chi connectivity index (χ0n) is 19.3. The van der Waals surface area contributed by atoms with E-state index < -0.39 is 40.8 Å². The predicted molar refractivity (Wildman–Crippen MR) is 110 cm³/mol. The van der Waals surface area contributed by atoms with E-state index in [0.717, 1.165) is 0 Å². The van der Waals surface area contributed by atoms with Crippen LogP contribution in [0.25, 0.3) is 0 Å². The lowest BCUT2D eigenvalue weighted by Crippen LogP contribution is -2.40. The number of rotatable bonds is 8. The second kappa shape index (κ2) is 12.5. The molecular formula is C22H34O10. The van der Waals surface area contributed by atoms with Gasteiger partial charge >= 0.3 is 23.9 Å². The van der Waals surface area contributed by atoms with Crippen LogP contribution in [-0.4, -0.2) is 67.3 Å². The average molecular weight is 459 g/mol. The Morgan fingerprint density at radius 1 is 0.781 bits per heavy atom. The highest BCUT2D eigenvalue weighted by atomic mass is 16.6. The third-order valence-corrected chi connectivity index (χ3v) is 5.48. The van der Waals surface area contributed by atoms with Crippen LogP contribution in [0.1, 0.15) is 66.2 Å². The highest BCUT2D eigenvalue weighted by Gasteiger charge is 2.54. The molecular weight excluding hydrogens is 424 g/mol. The molecule has 0 aromatic heterocycles. The summed E-state index contributed by atoms with van der Waals surface area (Å²) in [7, 11) is 0. The summed E-state index contributed by atoms with van der Waals surface area (Å²) in [6.07, 6.45) is 0.536. The van der Waals surface area contributed by atoms with Gasteiger partial charge in [-0.15, -0.1) is 0 Å². The summed E-state index contributed by atoms with van der Waals surface area (Å²) in [4.78, 5) is 58.4. The number of hydrogen-bond donors (Lipinski definition) is 1. The molecule has 2 saturated carbocycles. The highest BCUT2D eigenvalue weighted by molar-refractivity contribution is 6.06. The molecule has 0 spiro atoms. The number of esters is 4. The summed E-state index contributed by atoms with van der Waals surface area (Å²) >= 11 is 0. The van der Waals surface area contributed by atoms with E-state index in [1.54, 1.807) is 27.7 Å². The van der Waals surface area contributed by atoms with Gasteiger partial charge in [0.1, 0.15) is 5.78 Å². The Kier molecular flexibility index (Phi) is 10.8. The van der Waals surface area contributed by atoms with Crippen molar-refractivity contribution < 1.29 is 48.0 Å².